The van der Waals surface area contributed by atoms with E-state index in [4.69, 9.17) is 0 Å². The molecule has 0 radical (unpaired) electrons. The van der Waals surface area contributed by atoms with Gasteiger partial charge in [0.1, 0.15) is 0 Å². The van der Waals surface area contributed by atoms with Gasteiger partial charge in [-0.3, -0.25) is 14.0 Å². The molecule has 94 valence electrons. The van der Waals surface area contributed by atoms with Gasteiger partial charge in [0.2, 0.25) is 0 Å². The first-order valence-electron chi connectivity index (χ1n) is 5.36. The standard InChI is InChI=1S/C12H17NO3S/c1-9-4-11(6-13-5-9)8-17(15)7-10(2)12(14)16-3/h4-6,10H,7-8H2,1-3H3. The Morgan fingerprint density at radius 3 is 2.82 bits per heavy atom. The fourth-order valence-corrected chi connectivity index (χ4v) is 2.83. The van der Waals surface area contributed by atoms with Gasteiger partial charge in [-0.1, -0.05) is 13.0 Å². The Hall–Kier alpha value is -1.23. The summed E-state index contributed by atoms with van der Waals surface area (Å²) >= 11 is 0. The lowest BCUT2D eigenvalue weighted by atomic mass is 10.2. The van der Waals surface area contributed by atoms with Crippen LogP contribution >= 0.6 is 0 Å². The highest BCUT2D eigenvalue weighted by Crippen LogP contribution is 2.08. The molecule has 4 nitrogen and oxygen atoms in total. The third kappa shape index (κ3) is 4.65. The maximum atomic E-state index is 11.8. The topological polar surface area (TPSA) is 56.3 Å². The van der Waals surface area contributed by atoms with Crippen LogP contribution in [-0.4, -0.2) is 28.0 Å². The van der Waals surface area contributed by atoms with Gasteiger partial charge in [-0.2, -0.15) is 0 Å². The number of methoxy groups -OCH3 is 1. The SMILES string of the molecule is COC(=O)C(C)CS(=O)Cc1cncc(C)c1. The van der Waals surface area contributed by atoms with Crippen molar-refractivity contribution in [2.45, 2.75) is 19.6 Å². The van der Waals surface area contributed by atoms with Crippen LogP contribution in [0.4, 0.5) is 0 Å². The molecule has 1 heterocycles. The van der Waals surface area contributed by atoms with Gasteiger partial charge in [-0.15, -0.1) is 0 Å². The molecular weight excluding hydrogens is 238 g/mol. The minimum atomic E-state index is -1.07. The summed E-state index contributed by atoms with van der Waals surface area (Å²) in [6.07, 6.45) is 3.46. The number of aromatic nitrogens is 1. The molecule has 0 spiro atoms. The first-order valence-corrected chi connectivity index (χ1v) is 6.85. The number of aryl methyl sites for hydroxylation is 1. The average molecular weight is 255 g/mol. The summed E-state index contributed by atoms with van der Waals surface area (Å²) in [5.41, 5.74) is 1.97. The van der Waals surface area contributed by atoms with Gasteiger partial charge in [0.05, 0.1) is 18.8 Å². The Bertz CT molecular complexity index is 420. The van der Waals surface area contributed by atoms with E-state index in [1.807, 2.05) is 13.0 Å². The molecule has 0 saturated heterocycles. The summed E-state index contributed by atoms with van der Waals surface area (Å²) in [5, 5.41) is 0. The zero-order chi connectivity index (χ0) is 12.8. The molecule has 2 unspecified atom stereocenters. The summed E-state index contributed by atoms with van der Waals surface area (Å²) in [4.78, 5) is 15.2. The molecule has 0 aromatic carbocycles. The third-order valence-electron chi connectivity index (χ3n) is 2.30. The molecule has 1 rings (SSSR count). The minimum Gasteiger partial charge on any atom is -0.469 e. The summed E-state index contributed by atoms with van der Waals surface area (Å²) in [7, 11) is 0.267. The van der Waals surface area contributed by atoms with Crippen LogP contribution in [0.5, 0.6) is 0 Å². The van der Waals surface area contributed by atoms with Crippen LogP contribution in [0.3, 0.4) is 0 Å². The summed E-state index contributed by atoms with van der Waals surface area (Å²) in [6.45, 7) is 3.66. The number of ether oxygens (including phenoxy) is 1. The molecule has 0 fully saturated rings. The van der Waals surface area contributed by atoms with Gasteiger partial charge in [-0.25, -0.2) is 0 Å². The van der Waals surface area contributed by atoms with Crippen LogP contribution in [0.15, 0.2) is 18.5 Å². The lowest BCUT2D eigenvalue weighted by Crippen LogP contribution is -2.20. The van der Waals surface area contributed by atoms with Crippen molar-refractivity contribution in [2.75, 3.05) is 12.9 Å². The van der Waals surface area contributed by atoms with E-state index in [-0.39, 0.29) is 11.9 Å². The minimum absolute atomic E-state index is 0.319. The number of hydrogen-bond donors (Lipinski definition) is 0. The Morgan fingerprint density at radius 1 is 1.53 bits per heavy atom. The molecule has 17 heavy (non-hydrogen) atoms. The number of hydrogen-bond acceptors (Lipinski definition) is 4. The van der Waals surface area contributed by atoms with Crippen molar-refractivity contribution in [1.29, 1.82) is 0 Å². The highest BCUT2D eigenvalue weighted by molar-refractivity contribution is 7.84. The molecule has 2 atom stereocenters. The number of carbonyl (C=O) groups is 1. The van der Waals surface area contributed by atoms with Crippen molar-refractivity contribution < 1.29 is 13.7 Å². The molecule has 0 aliphatic rings. The van der Waals surface area contributed by atoms with Crippen LogP contribution in [-0.2, 0) is 26.1 Å². The van der Waals surface area contributed by atoms with Crippen LogP contribution in [0.1, 0.15) is 18.1 Å². The predicted molar refractivity (Wildman–Crippen MR) is 66.9 cm³/mol. The van der Waals surface area contributed by atoms with Gasteiger partial charge in [0.15, 0.2) is 0 Å². The second-order valence-electron chi connectivity index (χ2n) is 4.05. The first-order chi connectivity index (χ1) is 8.02. The second kappa shape index (κ2) is 6.49. The van der Waals surface area contributed by atoms with Gasteiger partial charge in [0.25, 0.3) is 0 Å². The van der Waals surface area contributed by atoms with Gasteiger partial charge in [-0.05, 0) is 18.1 Å². The fourth-order valence-electron chi connectivity index (χ4n) is 1.49. The van der Waals surface area contributed by atoms with Crippen molar-refractivity contribution >= 4 is 16.8 Å². The van der Waals surface area contributed by atoms with E-state index in [0.717, 1.165) is 11.1 Å². The quantitative estimate of drug-likeness (QED) is 0.747. The van der Waals surface area contributed by atoms with Crippen LogP contribution in [0.2, 0.25) is 0 Å². The maximum Gasteiger partial charge on any atom is 0.309 e. The van der Waals surface area contributed by atoms with Crippen LogP contribution in [0, 0.1) is 12.8 Å². The molecule has 0 aliphatic heterocycles. The monoisotopic (exact) mass is 255 g/mol. The lowest BCUT2D eigenvalue weighted by Gasteiger charge is -2.08. The third-order valence-corrected chi connectivity index (χ3v) is 3.83. The molecule has 0 aliphatic carbocycles. The van der Waals surface area contributed by atoms with E-state index >= 15 is 0 Å². The number of esters is 1. The first kappa shape index (κ1) is 13.8. The average Bonchev–Trinajstić information content (AvgIpc) is 2.27. The normalized spacial score (nSPS) is 14.1. The van der Waals surface area contributed by atoms with E-state index in [2.05, 4.69) is 9.72 Å². The number of nitrogens with zero attached hydrogens (tertiary/aromatic N) is 1. The van der Waals surface area contributed by atoms with Crippen molar-refractivity contribution in [2.24, 2.45) is 5.92 Å². The number of rotatable bonds is 5. The summed E-state index contributed by atoms with van der Waals surface area (Å²) in [5.74, 6) is 0.0932. The largest absolute Gasteiger partial charge is 0.469 e. The molecule has 5 heteroatoms. The summed E-state index contributed by atoms with van der Waals surface area (Å²) in [6, 6.07) is 1.95. The number of carbonyl (C=O) groups excluding carboxylic acids is 1. The van der Waals surface area contributed by atoms with Crippen molar-refractivity contribution in [1.82, 2.24) is 4.98 Å². The Balaban J connectivity index is 2.53. The van der Waals surface area contributed by atoms with Crippen LogP contribution < -0.4 is 0 Å². The molecular formula is C12H17NO3S. The molecule has 0 saturated carbocycles. The zero-order valence-electron chi connectivity index (χ0n) is 10.3. The molecule has 0 bridgehead atoms. The van der Waals surface area contributed by atoms with Crippen molar-refractivity contribution in [3.8, 4) is 0 Å². The molecule has 1 aromatic heterocycles. The lowest BCUT2D eigenvalue weighted by molar-refractivity contribution is -0.144. The Labute approximate surface area is 104 Å². The second-order valence-corrected chi connectivity index (χ2v) is 5.55. The van der Waals surface area contributed by atoms with E-state index in [1.165, 1.54) is 7.11 Å². The highest BCUT2D eigenvalue weighted by atomic mass is 32.2. The number of pyridine rings is 1. The van der Waals surface area contributed by atoms with Gasteiger partial charge in [0, 0.05) is 28.9 Å². The van der Waals surface area contributed by atoms with E-state index in [9.17, 15) is 9.00 Å². The van der Waals surface area contributed by atoms with Crippen molar-refractivity contribution in [3.63, 3.8) is 0 Å². The maximum absolute atomic E-state index is 11.8. The molecule has 0 amide bonds. The fraction of sp³-hybridized carbons (Fsp3) is 0.500. The van der Waals surface area contributed by atoms with Gasteiger partial charge < -0.3 is 4.74 Å². The molecule has 1 aromatic rings. The van der Waals surface area contributed by atoms with E-state index in [0.29, 0.717) is 11.5 Å². The highest BCUT2D eigenvalue weighted by Gasteiger charge is 2.16. The zero-order valence-corrected chi connectivity index (χ0v) is 11.1. The van der Waals surface area contributed by atoms with E-state index < -0.39 is 10.8 Å². The Kier molecular flexibility index (Phi) is 5.28. The van der Waals surface area contributed by atoms with Crippen LogP contribution in [0.25, 0.3) is 0 Å². The molecule has 0 N–H and O–H groups in total. The van der Waals surface area contributed by atoms with Crippen molar-refractivity contribution in [3.05, 3.63) is 29.6 Å². The van der Waals surface area contributed by atoms with E-state index in [1.54, 1.807) is 19.3 Å². The predicted octanol–water partition coefficient (Wildman–Crippen LogP) is 1.45. The van der Waals surface area contributed by atoms with Gasteiger partial charge >= 0.3 is 5.97 Å². The summed E-state index contributed by atoms with van der Waals surface area (Å²) < 4.78 is 16.4. The smallest absolute Gasteiger partial charge is 0.309 e. The Morgan fingerprint density at radius 2 is 2.24 bits per heavy atom.